The van der Waals surface area contributed by atoms with E-state index in [1.165, 1.54) is 12.3 Å². The number of nitrogens with zero attached hydrogens (tertiary/aromatic N) is 1. The van der Waals surface area contributed by atoms with Crippen LogP contribution in [0.4, 0.5) is 18.9 Å². The molecule has 1 aliphatic heterocycles. The summed E-state index contributed by atoms with van der Waals surface area (Å²) in [6, 6.07) is 18.5. The fraction of sp³-hybridized carbons (Fsp3) is 0.241. The average Bonchev–Trinajstić information content (AvgIpc) is 3.12. The van der Waals surface area contributed by atoms with Gasteiger partial charge < -0.3 is 20.2 Å². The van der Waals surface area contributed by atoms with Crippen LogP contribution >= 0.6 is 11.6 Å². The van der Waals surface area contributed by atoms with Crippen molar-refractivity contribution in [3.63, 3.8) is 0 Å². The van der Waals surface area contributed by atoms with Gasteiger partial charge in [-0.1, -0.05) is 35.9 Å². The van der Waals surface area contributed by atoms with Crippen molar-refractivity contribution in [2.24, 2.45) is 0 Å². The maximum Gasteiger partial charge on any atom is 0.417 e. The molecule has 0 saturated carbocycles. The summed E-state index contributed by atoms with van der Waals surface area (Å²) in [5, 5.41) is 22.7. The minimum atomic E-state index is -4.52. The molecule has 3 aromatic rings. The number of allylic oxidation sites excluding steroid dienone is 2. The van der Waals surface area contributed by atoms with Gasteiger partial charge in [0.2, 0.25) is 5.90 Å². The van der Waals surface area contributed by atoms with Crippen LogP contribution in [0.5, 0.6) is 5.75 Å². The zero-order chi connectivity index (χ0) is 28.1. The van der Waals surface area contributed by atoms with E-state index in [1.807, 2.05) is 38.1 Å². The molecule has 1 radical (unpaired) electrons. The van der Waals surface area contributed by atoms with Crippen LogP contribution in [-0.2, 0) is 34.8 Å². The Labute approximate surface area is 241 Å². The Morgan fingerprint density at radius 3 is 2.28 bits per heavy atom. The van der Waals surface area contributed by atoms with Gasteiger partial charge in [-0.15, -0.1) is 0 Å². The topological polar surface area (TPSA) is 80.4 Å². The van der Waals surface area contributed by atoms with Crippen molar-refractivity contribution < 1.29 is 39.8 Å². The molecule has 1 atom stereocenters. The molecule has 0 bridgehead atoms. The van der Waals surface area contributed by atoms with E-state index in [4.69, 9.17) is 32.3 Å². The fourth-order valence-electron chi connectivity index (χ4n) is 4.67. The van der Waals surface area contributed by atoms with Gasteiger partial charge >= 0.3 is 6.18 Å². The van der Waals surface area contributed by atoms with Gasteiger partial charge in [-0.25, -0.2) is 0 Å². The van der Waals surface area contributed by atoms with Gasteiger partial charge in [0.05, 0.1) is 17.7 Å². The quantitative estimate of drug-likeness (QED) is 0.199. The van der Waals surface area contributed by atoms with E-state index in [9.17, 15) is 13.2 Å². The van der Waals surface area contributed by atoms with Crippen LogP contribution in [0.1, 0.15) is 36.1 Å². The predicted octanol–water partition coefficient (Wildman–Crippen LogP) is 7.81. The average molecular weight is 603 g/mol. The summed E-state index contributed by atoms with van der Waals surface area (Å²) in [5.74, 6) is 0.296. The van der Waals surface area contributed by atoms with Crippen molar-refractivity contribution in [1.82, 2.24) is 0 Å². The maximum atomic E-state index is 13.3. The molecule has 1 heterocycles. The third-order valence-electron chi connectivity index (χ3n) is 6.44. The van der Waals surface area contributed by atoms with Crippen molar-refractivity contribution in [3.05, 3.63) is 106 Å². The minimum Gasteiger partial charge on any atom is -0.497 e. The number of hydrogen-bond donors (Lipinski definition) is 3. The number of methoxy groups -OCH3 is 1. The van der Waals surface area contributed by atoms with Crippen LogP contribution in [0.15, 0.2) is 78.5 Å². The van der Waals surface area contributed by atoms with Crippen molar-refractivity contribution in [1.29, 1.82) is 10.8 Å². The van der Waals surface area contributed by atoms with Crippen molar-refractivity contribution in [2.45, 2.75) is 31.9 Å². The first-order valence-electron chi connectivity index (χ1n) is 11.8. The standard InChI is InChI=1S/C22H22ClF3N2O.C7H7NO.Co/c1-4-28-19-8-6-15(29-3)12-17(19)21(2,20(28)9-10-27)13-14-5-7-18(23)16(11-14)22(24,25)26;8-7(9)6-4-2-1-3-5-6;/h5-12,27H,4,13H2,1-3H3;1-5H,(H2,8,9);/b20-9-,27-10?;;. The Bertz CT molecular complexity index is 1350. The summed E-state index contributed by atoms with van der Waals surface area (Å²) in [5.41, 5.74) is 2.39. The van der Waals surface area contributed by atoms with Crippen molar-refractivity contribution >= 4 is 29.4 Å². The second-order valence-electron chi connectivity index (χ2n) is 8.88. The van der Waals surface area contributed by atoms with E-state index in [0.717, 1.165) is 23.0 Å². The number of ether oxygens (including phenoxy) is 1. The summed E-state index contributed by atoms with van der Waals surface area (Å²) in [6.45, 7) is 4.66. The van der Waals surface area contributed by atoms with Gasteiger partial charge in [0.1, 0.15) is 5.75 Å². The summed E-state index contributed by atoms with van der Waals surface area (Å²) in [7, 11) is 1.58. The van der Waals surface area contributed by atoms with Crippen LogP contribution in [-0.4, -0.2) is 30.9 Å². The van der Waals surface area contributed by atoms with Crippen molar-refractivity contribution in [2.75, 3.05) is 18.6 Å². The molecule has 39 heavy (non-hydrogen) atoms. The van der Waals surface area contributed by atoms with E-state index in [0.29, 0.717) is 29.8 Å². The van der Waals surface area contributed by atoms with E-state index in [-0.39, 0.29) is 27.7 Å². The number of halogens is 4. The van der Waals surface area contributed by atoms with Crippen molar-refractivity contribution in [3.8, 4) is 5.75 Å². The zero-order valence-corrected chi connectivity index (χ0v) is 23.4. The molecule has 0 amide bonds. The Hall–Kier alpha value is -3.27. The smallest absolute Gasteiger partial charge is 0.417 e. The van der Waals surface area contributed by atoms with Gasteiger partial charge in [-0.2, -0.15) is 13.2 Å². The number of benzene rings is 3. The minimum absolute atomic E-state index is 0. The predicted molar refractivity (Wildman–Crippen MR) is 146 cm³/mol. The molecule has 4 rings (SSSR count). The number of likely N-dealkylation sites (N-methyl/N-ethyl adjacent to an activating group) is 1. The summed E-state index contributed by atoms with van der Waals surface area (Å²) in [6.07, 6.45) is -1.28. The number of aliphatic hydroxyl groups excluding tert-OH is 1. The second kappa shape index (κ2) is 13.2. The van der Waals surface area contributed by atoms with Crippen LogP contribution in [0.2, 0.25) is 5.02 Å². The second-order valence-corrected chi connectivity index (χ2v) is 9.29. The third-order valence-corrected chi connectivity index (χ3v) is 6.77. The molecule has 3 N–H and O–H groups in total. The molecular formula is C29H29ClCoF3N3O2. The molecule has 0 saturated heterocycles. The first-order chi connectivity index (χ1) is 18.0. The number of aliphatic hydroxyl groups is 1. The Morgan fingerprint density at radius 1 is 1.10 bits per heavy atom. The van der Waals surface area contributed by atoms with Gasteiger partial charge in [0.25, 0.3) is 0 Å². The summed E-state index contributed by atoms with van der Waals surface area (Å²) in [4.78, 5) is 2.08. The molecular weight excluding hydrogens is 574 g/mol. The summed E-state index contributed by atoms with van der Waals surface area (Å²) >= 11 is 5.79. The van der Waals surface area contributed by atoms with Gasteiger partial charge in [0.15, 0.2) is 0 Å². The van der Waals surface area contributed by atoms with E-state index < -0.39 is 17.2 Å². The zero-order valence-electron chi connectivity index (χ0n) is 21.6. The fourth-order valence-corrected chi connectivity index (χ4v) is 4.89. The van der Waals surface area contributed by atoms with Crippen LogP contribution in [0.25, 0.3) is 0 Å². The van der Waals surface area contributed by atoms with Crippen LogP contribution < -0.4 is 9.64 Å². The number of nitrogens with one attached hydrogen (secondary N) is 2. The molecule has 0 aromatic heterocycles. The molecule has 0 aliphatic carbocycles. The van der Waals surface area contributed by atoms with E-state index in [2.05, 4.69) is 4.90 Å². The molecule has 3 aromatic carbocycles. The largest absolute Gasteiger partial charge is 0.497 e. The van der Waals surface area contributed by atoms with Gasteiger partial charge in [-0.05, 0) is 79.9 Å². The third kappa shape index (κ3) is 7.03. The Balaban J connectivity index is 0.000000453. The monoisotopic (exact) mass is 602 g/mol. The number of alkyl halides is 3. The normalized spacial score (nSPS) is 17.0. The number of fused-ring (bicyclic) bond motifs is 1. The summed E-state index contributed by atoms with van der Waals surface area (Å²) < 4.78 is 45.4. The first kappa shape index (κ1) is 31.9. The maximum absolute atomic E-state index is 13.3. The molecule has 0 spiro atoms. The first-order valence-corrected chi connectivity index (χ1v) is 12.2. The number of rotatable bonds is 6. The van der Waals surface area contributed by atoms with Crippen LogP contribution in [0, 0.1) is 10.8 Å². The molecule has 1 aliphatic rings. The number of anilines is 1. The molecule has 10 heteroatoms. The molecule has 1 unspecified atom stereocenters. The molecule has 5 nitrogen and oxygen atoms in total. The van der Waals surface area contributed by atoms with Gasteiger partial charge in [-0.3, -0.25) is 5.41 Å². The Morgan fingerprint density at radius 2 is 1.77 bits per heavy atom. The Kier molecular flexibility index (Phi) is 10.8. The van der Waals surface area contributed by atoms with Crippen LogP contribution in [0.3, 0.4) is 0 Å². The number of hydrogen-bond acceptors (Lipinski definition) is 4. The SMILES string of the molecule is CCN1/C(=C\C=N)C(C)(Cc2ccc(Cl)c(C(F)(F)F)c2)c2cc(OC)ccc21.N=C(O)c1ccccc1.[Co]. The van der Waals surface area contributed by atoms with E-state index >= 15 is 0 Å². The molecule has 0 fully saturated rings. The van der Waals surface area contributed by atoms with E-state index in [1.54, 1.807) is 43.5 Å². The molecule has 209 valence electrons. The van der Waals surface area contributed by atoms with Gasteiger partial charge in [0, 0.05) is 51.9 Å².